The van der Waals surface area contributed by atoms with Gasteiger partial charge in [-0.1, -0.05) is 12.1 Å². The normalized spacial score (nSPS) is 27.4. The molecule has 2 atom stereocenters. The molecule has 1 aromatic carbocycles. The molecular weight excluding hydrogens is 354 g/mol. The van der Waals surface area contributed by atoms with Crippen molar-refractivity contribution in [2.45, 2.75) is 43.8 Å². The van der Waals surface area contributed by atoms with Gasteiger partial charge < -0.3 is 18.8 Å². The first-order valence-corrected chi connectivity index (χ1v) is 10.8. The molecule has 0 spiro atoms. The Balaban J connectivity index is 1.53. The van der Waals surface area contributed by atoms with E-state index in [1.165, 1.54) is 5.56 Å². The van der Waals surface area contributed by atoms with E-state index in [1.807, 2.05) is 12.1 Å². The van der Waals surface area contributed by atoms with Crippen LogP contribution in [0.3, 0.4) is 0 Å². The van der Waals surface area contributed by atoms with Crippen LogP contribution in [0, 0.1) is 0 Å². The number of benzene rings is 1. The number of carbonyl (C=O) groups excluding carboxylic acids is 1. The van der Waals surface area contributed by atoms with Crippen LogP contribution in [0.2, 0.25) is 0 Å². The van der Waals surface area contributed by atoms with Crippen molar-refractivity contribution in [3.8, 4) is 0 Å². The van der Waals surface area contributed by atoms with Crippen molar-refractivity contribution in [2.24, 2.45) is 0 Å². The maximum absolute atomic E-state index is 12.0. The average Bonchev–Trinajstić information content (AvgIpc) is 3.01. The third-order valence-corrected chi connectivity index (χ3v) is 5.51. The van der Waals surface area contributed by atoms with Gasteiger partial charge in [0, 0.05) is 12.8 Å². The van der Waals surface area contributed by atoms with Gasteiger partial charge in [0.05, 0.1) is 25.5 Å². The van der Waals surface area contributed by atoms with Crippen LogP contribution in [0.4, 0.5) is 10.5 Å². The van der Waals surface area contributed by atoms with Crippen LogP contribution in [0.25, 0.3) is 0 Å². The minimum Gasteiger partial charge on any atom is -0.615 e. The van der Waals surface area contributed by atoms with Crippen molar-refractivity contribution in [3.05, 3.63) is 29.8 Å². The highest BCUT2D eigenvalue weighted by atomic mass is 32.2. The van der Waals surface area contributed by atoms with Crippen LogP contribution in [0.5, 0.6) is 0 Å². The fraction of sp³-hybridized carbons (Fsp3) is 0.632. The molecule has 0 bridgehead atoms. The zero-order valence-corrected chi connectivity index (χ0v) is 16.2. The van der Waals surface area contributed by atoms with Crippen LogP contribution < -0.4 is 4.90 Å². The van der Waals surface area contributed by atoms with Gasteiger partial charge in [-0.2, -0.15) is 0 Å². The third kappa shape index (κ3) is 4.91. The van der Waals surface area contributed by atoms with Gasteiger partial charge in [0.2, 0.25) is 5.94 Å². The molecule has 1 aromatic rings. The number of carbonyl (C=O) groups is 1. The van der Waals surface area contributed by atoms with Gasteiger partial charge in [0.25, 0.3) is 0 Å². The summed E-state index contributed by atoms with van der Waals surface area (Å²) in [4.78, 5) is 13.7. The second-order valence-corrected chi connectivity index (χ2v) is 8.38. The van der Waals surface area contributed by atoms with E-state index in [4.69, 9.17) is 14.2 Å². The molecule has 144 valence electrons. The lowest BCUT2D eigenvalue weighted by Gasteiger charge is -2.28. The molecule has 1 heterocycles. The molecule has 1 saturated heterocycles. The smallest absolute Gasteiger partial charge is 0.414 e. The fourth-order valence-corrected chi connectivity index (χ4v) is 4.07. The zero-order chi connectivity index (χ0) is 18.5. The minimum atomic E-state index is -0.896. The molecule has 3 rings (SSSR count). The van der Waals surface area contributed by atoms with Crippen molar-refractivity contribution in [1.82, 2.24) is 0 Å². The number of hydrogen-bond donors (Lipinski definition) is 0. The predicted molar refractivity (Wildman–Crippen MR) is 101 cm³/mol. The first kappa shape index (κ1) is 19.5. The summed E-state index contributed by atoms with van der Waals surface area (Å²) in [6.45, 7) is 0.935. The highest BCUT2D eigenvalue weighted by molar-refractivity contribution is 7.90. The summed E-state index contributed by atoms with van der Waals surface area (Å²) in [7, 11) is 1.60. The summed E-state index contributed by atoms with van der Waals surface area (Å²) < 4.78 is 27.2. The second kappa shape index (κ2) is 9.08. The Hall–Kier alpha value is -1.28. The molecule has 26 heavy (non-hydrogen) atoms. The van der Waals surface area contributed by atoms with Crippen LogP contribution >= 0.6 is 0 Å². The summed E-state index contributed by atoms with van der Waals surface area (Å²) in [5, 5.41) is 0. The van der Waals surface area contributed by atoms with E-state index in [2.05, 4.69) is 12.1 Å². The first-order valence-electron chi connectivity index (χ1n) is 9.05. The Bertz CT molecular complexity index is 586. The molecule has 1 amide bonds. The van der Waals surface area contributed by atoms with E-state index in [0.717, 1.165) is 31.4 Å². The molecule has 2 fully saturated rings. The fourth-order valence-electron chi connectivity index (χ4n) is 3.69. The number of cyclic esters (lactones) is 1. The van der Waals surface area contributed by atoms with Gasteiger partial charge in [-0.3, -0.25) is 4.90 Å². The number of hydrogen-bond acceptors (Lipinski definition) is 5. The topological polar surface area (TPSA) is 71.1 Å². The van der Waals surface area contributed by atoms with Crippen molar-refractivity contribution >= 4 is 23.0 Å². The lowest BCUT2D eigenvalue weighted by atomic mass is 9.82. The molecule has 0 aromatic heterocycles. The van der Waals surface area contributed by atoms with E-state index in [9.17, 15) is 9.35 Å². The van der Waals surface area contributed by atoms with Gasteiger partial charge in [0.15, 0.2) is 0 Å². The molecule has 0 radical (unpaired) electrons. The van der Waals surface area contributed by atoms with Gasteiger partial charge in [-0.15, -0.1) is 0 Å². The van der Waals surface area contributed by atoms with Crippen molar-refractivity contribution in [2.75, 3.05) is 37.4 Å². The summed E-state index contributed by atoms with van der Waals surface area (Å²) in [6.07, 6.45) is 5.52. The maximum Gasteiger partial charge on any atom is 0.414 e. The van der Waals surface area contributed by atoms with Crippen molar-refractivity contribution in [3.63, 3.8) is 0 Å². The first-order chi connectivity index (χ1) is 12.6. The Kier molecular flexibility index (Phi) is 6.80. The third-order valence-electron chi connectivity index (χ3n) is 5.05. The molecule has 7 heteroatoms. The molecule has 2 unspecified atom stereocenters. The molecule has 6 nitrogen and oxygen atoms in total. The van der Waals surface area contributed by atoms with E-state index in [0.29, 0.717) is 25.0 Å². The lowest BCUT2D eigenvalue weighted by molar-refractivity contribution is 0.0524. The number of ether oxygens (including phenoxy) is 3. The molecule has 1 aliphatic heterocycles. The van der Waals surface area contributed by atoms with Crippen molar-refractivity contribution < 1.29 is 23.6 Å². The van der Waals surface area contributed by atoms with Gasteiger partial charge >= 0.3 is 6.09 Å². The highest BCUT2D eigenvalue weighted by Crippen LogP contribution is 2.35. The van der Waals surface area contributed by atoms with Crippen LogP contribution in [0.1, 0.15) is 37.2 Å². The maximum atomic E-state index is 12.0. The van der Waals surface area contributed by atoms with E-state index in [1.54, 1.807) is 18.3 Å². The van der Waals surface area contributed by atoms with Crippen molar-refractivity contribution in [1.29, 1.82) is 0 Å². The van der Waals surface area contributed by atoms with Gasteiger partial charge in [0.1, 0.15) is 6.10 Å². The molecular formula is C19H27NO5S. The Morgan fingerprint density at radius 1 is 1.23 bits per heavy atom. The van der Waals surface area contributed by atoms with E-state index >= 15 is 0 Å². The van der Waals surface area contributed by atoms with Gasteiger partial charge in [-0.05, 0) is 60.5 Å². The highest BCUT2D eigenvalue weighted by Gasteiger charge is 2.32. The lowest BCUT2D eigenvalue weighted by Crippen LogP contribution is -2.25. The SMILES string of the molecule is COCC1CN(c2ccc([C@H]3CC[C@H](OC[S+](C)[O-])CC3)cc2)C(=O)O1. The molecule has 2 aliphatic rings. The molecule has 1 aliphatic carbocycles. The van der Waals surface area contributed by atoms with E-state index < -0.39 is 11.2 Å². The Morgan fingerprint density at radius 3 is 2.54 bits per heavy atom. The summed E-state index contributed by atoms with van der Waals surface area (Å²) >= 11 is -0.896. The number of methoxy groups -OCH3 is 1. The van der Waals surface area contributed by atoms with Crippen LogP contribution in [-0.2, 0) is 25.4 Å². The standard InChI is InChI=1S/C19H27NO5S/c1-23-12-18-11-20(19(21)25-18)16-7-3-14(4-8-16)15-5-9-17(10-6-15)24-13-26(2)22/h3-4,7-8,15,17-18H,5-6,9-13H2,1-2H3/t15-,17-,18?,26?. The largest absolute Gasteiger partial charge is 0.615 e. The number of rotatable bonds is 7. The quantitative estimate of drug-likeness (QED) is 0.679. The summed E-state index contributed by atoms with van der Waals surface area (Å²) in [5.74, 6) is 0.850. The second-order valence-electron chi connectivity index (χ2n) is 6.99. The number of amides is 1. The minimum absolute atomic E-state index is 0.208. The number of anilines is 1. The number of nitrogens with zero attached hydrogens (tertiary/aromatic N) is 1. The summed E-state index contributed by atoms with van der Waals surface area (Å²) in [6, 6.07) is 8.21. The summed E-state index contributed by atoms with van der Waals surface area (Å²) in [5.41, 5.74) is 2.16. The monoisotopic (exact) mass is 381 g/mol. The Labute approximate surface area is 158 Å². The van der Waals surface area contributed by atoms with Crippen LogP contribution in [0.15, 0.2) is 24.3 Å². The van der Waals surface area contributed by atoms with Crippen LogP contribution in [-0.4, -0.2) is 55.3 Å². The predicted octanol–water partition coefficient (Wildman–Crippen LogP) is 3.04. The zero-order valence-electron chi connectivity index (χ0n) is 15.4. The van der Waals surface area contributed by atoms with Gasteiger partial charge in [-0.25, -0.2) is 4.79 Å². The molecule has 1 saturated carbocycles. The molecule has 0 N–H and O–H groups in total. The Morgan fingerprint density at radius 2 is 1.92 bits per heavy atom. The average molecular weight is 381 g/mol. The van der Waals surface area contributed by atoms with E-state index in [-0.39, 0.29) is 18.3 Å².